The van der Waals surface area contributed by atoms with E-state index in [4.69, 9.17) is 4.74 Å². The summed E-state index contributed by atoms with van der Waals surface area (Å²) in [6.45, 7) is 6.89. The SMILES string of the molecule is COCCNCCN(C)Cc1ccc(C)cc1. The van der Waals surface area contributed by atoms with Gasteiger partial charge < -0.3 is 15.0 Å². The van der Waals surface area contributed by atoms with Crippen molar-refractivity contribution in [2.45, 2.75) is 13.5 Å². The third-order valence-corrected chi connectivity index (χ3v) is 2.73. The van der Waals surface area contributed by atoms with E-state index in [1.807, 2.05) is 0 Å². The van der Waals surface area contributed by atoms with Crippen molar-refractivity contribution in [3.8, 4) is 0 Å². The van der Waals surface area contributed by atoms with E-state index in [1.165, 1.54) is 11.1 Å². The van der Waals surface area contributed by atoms with Gasteiger partial charge >= 0.3 is 0 Å². The number of hydrogen-bond acceptors (Lipinski definition) is 3. The van der Waals surface area contributed by atoms with Gasteiger partial charge in [-0.1, -0.05) is 29.8 Å². The molecule has 0 fully saturated rings. The van der Waals surface area contributed by atoms with E-state index in [0.29, 0.717) is 0 Å². The highest BCUT2D eigenvalue weighted by Gasteiger charge is 1.99. The molecule has 0 aromatic heterocycles. The van der Waals surface area contributed by atoms with Crippen molar-refractivity contribution < 1.29 is 4.74 Å². The minimum Gasteiger partial charge on any atom is -0.383 e. The van der Waals surface area contributed by atoms with Crippen molar-refractivity contribution in [3.05, 3.63) is 35.4 Å². The first kappa shape index (κ1) is 14.2. The maximum Gasteiger partial charge on any atom is 0.0587 e. The number of nitrogens with one attached hydrogen (secondary N) is 1. The Kier molecular flexibility index (Phi) is 6.86. The van der Waals surface area contributed by atoms with E-state index in [1.54, 1.807) is 7.11 Å². The van der Waals surface area contributed by atoms with Crippen LogP contribution in [0.1, 0.15) is 11.1 Å². The highest BCUT2D eigenvalue weighted by molar-refractivity contribution is 5.21. The van der Waals surface area contributed by atoms with Crippen molar-refractivity contribution in [1.29, 1.82) is 0 Å². The summed E-state index contributed by atoms with van der Waals surface area (Å²) in [5.41, 5.74) is 2.69. The predicted molar refractivity (Wildman–Crippen MR) is 72.3 cm³/mol. The van der Waals surface area contributed by atoms with Gasteiger partial charge in [0, 0.05) is 33.3 Å². The second-order valence-electron chi connectivity index (χ2n) is 4.47. The molecule has 96 valence electrons. The van der Waals surface area contributed by atoms with Gasteiger partial charge in [-0.3, -0.25) is 0 Å². The summed E-state index contributed by atoms with van der Waals surface area (Å²) in [5, 5.41) is 3.35. The van der Waals surface area contributed by atoms with Crippen molar-refractivity contribution >= 4 is 0 Å². The topological polar surface area (TPSA) is 24.5 Å². The minimum atomic E-state index is 0.779. The van der Waals surface area contributed by atoms with Crippen LogP contribution in [0.15, 0.2) is 24.3 Å². The smallest absolute Gasteiger partial charge is 0.0587 e. The molecule has 0 aliphatic rings. The molecule has 0 unspecified atom stereocenters. The summed E-state index contributed by atoms with van der Waals surface area (Å²) < 4.78 is 4.98. The van der Waals surface area contributed by atoms with E-state index in [0.717, 1.165) is 32.8 Å². The quantitative estimate of drug-likeness (QED) is 0.695. The number of benzene rings is 1. The lowest BCUT2D eigenvalue weighted by Crippen LogP contribution is -2.30. The van der Waals surface area contributed by atoms with Crippen LogP contribution in [-0.4, -0.2) is 45.3 Å². The summed E-state index contributed by atoms with van der Waals surface area (Å²) >= 11 is 0. The molecule has 17 heavy (non-hydrogen) atoms. The average Bonchev–Trinajstić information content (AvgIpc) is 2.32. The van der Waals surface area contributed by atoms with Crippen molar-refractivity contribution in [2.24, 2.45) is 0 Å². The molecule has 0 saturated carbocycles. The van der Waals surface area contributed by atoms with Crippen LogP contribution in [0, 0.1) is 6.92 Å². The molecule has 0 radical (unpaired) electrons. The first-order chi connectivity index (χ1) is 8.22. The molecule has 1 aromatic carbocycles. The monoisotopic (exact) mass is 236 g/mol. The maximum absolute atomic E-state index is 4.98. The Hall–Kier alpha value is -0.900. The largest absolute Gasteiger partial charge is 0.383 e. The summed E-state index contributed by atoms with van der Waals surface area (Å²) in [6, 6.07) is 8.73. The average molecular weight is 236 g/mol. The van der Waals surface area contributed by atoms with E-state index in [2.05, 4.69) is 48.5 Å². The van der Waals surface area contributed by atoms with Crippen LogP contribution in [0.2, 0.25) is 0 Å². The fourth-order valence-corrected chi connectivity index (χ4v) is 1.65. The Morgan fingerprint density at radius 3 is 2.53 bits per heavy atom. The molecule has 0 atom stereocenters. The van der Waals surface area contributed by atoms with Gasteiger partial charge in [0.25, 0.3) is 0 Å². The van der Waals surface area contributed by atoms with Crippen molar-refractivity contribution in [1.82, 2.24) is 10.2 Å². The van der Waals surface area contributed by atoms with E-state index < -0.39 is 0 Å². The van der Waals surface area contributed by atoms with Gasteiger partial charge in [-0.05, 0) is 19.5 Å². The predicted octanol–water partition coefficient (Wildman–Crippen LogP) is 1.66. The Labute approximate surface area is 105 Å². The maximum atomic E-state index is 4.98. The zero-order valence-corrected chi connectivity index (χ0v) is 11.2. The molecule has 0 saturated heterocycles. The molecule has 3 nitrogen and oxygen atoms in total. The summed E-state index contributed by atoms with van der Waals surface area (Å²) in [6.07, 6.45) is 0. The molecule has 0 spiro atoms. The number of likely N-dealkylation sites (N-methyl/N-ethyl adjacent to an activating group) is 1. The fraction of sp³-hybridized carbons (Fsp3) is 0.571. The lowest BCUT2D eigenvalue weighted by atomic mass is 10.1. The molecule has 0 heterocycles. The number of aryl methyl sites for hydroxylation is 1. The third kappa shape index (κ3) is 6.41. The van der Waals surface area contributed by atoms with Crippen LogP contribution in [0.4, 0.5) is 0 Å². The fourth-order valence-electron chi connectivity index (χ4n) is 1.65. The highest BCUT2D eigenvalue weighted by Crippen LogP contribution is 2.05. The van der Waals surface area contributed by atoms with Crippen LogP contribution >= 0.6 is 0 Å². The molecule has 0 amide bonds. The van der Waals surface area contributed by atoms with Crippen molar-refractivity contribution in [3.63, 3.8) is 0 Å². The van der Waals surface area contributed by atoms with Gasteiger partial charge in [0.15, 0.2) is 0 Å². The zero-order chi connectivity index (χ0) is 12.5. The summed E-state index contributed by atoms with van der Waals surface area (Å²) in [4.78, 5) is 2.32. The molecule has 1 aromatic rings. The first-order valence-corrected chi connectivity index (χ1v) is 6.16. The first-order valence-electron chi connectivity index (χ1n) is 6.16. The van der Waals surface area contributed by atoms with E-state index >= 15 is 0 Å². The molecule has 0 aliphatic carbocycles. The van der Waals surface area contributed by atoms with E-state index in [-0.39, 0.29) is 0 Å². The van der Waals surface area contributed by atoms with Crippen LogP contribution in [-0.2, 0) is 11.3 Å². The number of nitrogens with zero attached hydrogens (tertiary/aromatic N) is 1. The normalized spacial score (nSPS) is 11.1. The van der Waals surface area contributed by atoms with Gasteiger partial charge in [-0.15, -0.1) is 0 Å². The lowest BCUT2D eigenvalue weighted by molar-refractivity contribution is 0.197. The Morgan fingerprint density at radius 2 is 1.88 bits per heavy atom. The third-order valence-electron chi connectivity index (χ3n) is 2.73. The minimum absolute atomic E-state index is 0.779. The Balaban J connectivity index is 2.16. The lowest BCUT2D eigenvalue weighted by Gasteiger charge is -2.17. The van der Waals surface area contributed by atoms with Crippen molar-refractivity contribution in [2.75, 3.05) is 40.4 Å². The van der Waals surface area contributed by atoms with Gasteiger partial charge in [0.2, 0.25) is 0 Å². The number of rotatable bonds is 8. The number of ether oxygens (including phenoxy) is 1. The zero-order valence-electron chi connectivity index (χ0n) is 11.2. The van der Waals surface area contributed by atoms with Gasteiger partial charge in [0.1, 0.15) is 0 Å². The summed E-state index contributed by atoms with van der Waals surface area (Å²) in [5.74, 6) is 0. The Bertz CT molecular complexity index is 298. The van der Waals surface area contributed by atoms with Gasteiger partial charge in [-0.2, -0.15) is 0 Å². The molecule has 0 aliphatic heterocycles. The molecule has 1 N–H and O–H groups in total. The molecule has 0 bridgehead atoms. The van der Waals surface area contributed by atoms with Gasteiger partial charge in [0.05, 0.1) is 6.61 Å². The second-order valence-corrected chi connectivity index (χ2v) is 4.47. The van der Waals surface area contributed by atoms with Crippen LogP contribution in [0.5, 0.6) is 0 Å². The highest BCUT2D eigenvalue weighted by atomic mass is 16.5. The van der Waals surface area contributed by atoms with Crippen LogP contribution < -0.4 is 5.32 Å². The standard InChI is InChI=1S/C14H24N2O/c1-13-4-6-14(7-5-13)12-16(2)10-8-15-9-11-17-3/h4-7,15H,8-12H2,1-3H3. The molecule has 1 rings (SSSR count). The van der Waals surface area contributed by atoms with Gasteiger partial charge in [-0.25, -0.2) is 0 Å². The summed E-state index contributed by atoms with van der Waals surface area (Å²) in [7, 11) is 3.88. The Morgan fingerprint density at radius 1 is 1.18 bits per heavy atom. The molecular formula is C14H24N2O. The number of hydrogen-bond donors (Lipinski definition) is 1. The van der Waals surface area contributed by atoms with Crippen LogP contribution in [0.3, 0.4) is 0 Å². The van der Waals surface area contributed by atoms with Crippen LogP contribution in [0.25, 0.3) is 0 Å². The second kappa shape index (κ2) is 8.23. The molecular weight excluding hydrogens is 212 g/mol. The molecule has 3 heteroatoms. The number of methoxy groups -OCH3 is 1. The van der Waals surface area contributed by atoms with E-state index in [9.17, 15) is 0 Å².